The second kappa shape index (κ2) is 6.88. The summed E-state index contributed by atoms with van der Waals surface area (Å²) in [5.41, 5.74) is 0.461. The average molecular weight is 329 g/mol. The smallest absolute Gasteiger partial charge is 0.251 e. The minimum absolute atomic E-state index is 0.0702. The van der Waals surface area contributed by atoms with Crippen molar-refractivity contribution in [3.05, 3.63) is 28.2 Å². The van der Waals surface area contributed by atoms with Crippen molar-refractivity contribution in [1.82, 2.24) is 10.2 Å². The summed E-state index contributed by atoms with van der Waals surface area (Å²) in [5.74, 6) is -0.100. The predicted octanol–water partition coefficient (Wildman–Crippen LogP) is 1.22. The summed E-state index contributed by atoms with van der Waals surface area (Å²) in [4.78, 5) is 14.1. The number of hydrogen-bond acceptors (Lipinski definition) is 4. The Balaban J connectivity index is 1.78. The predicted molar refractivity (Wildman–Crippen MR) is 75.4 cm³/mol. The monoisotopic (exact) mass is 328 g/mol. The van der Waals surface area contributed by atoms with Crippen molar-refractivity contribution >= 4 is 21.8 Å². The number of aromatic hydroxyl groups is 1. The molecule has 0 aliphatic carbocycles. The quantitative estimate of drug-likeness (QED) is 0.872. The number of carbonyl (C=O) groups excluding carboxylic acids is 1. The third kappa shape index (κ3) is 4.19. The van der Waals surface area contributed by atoms with Crippen molar-refractivity contribution in [2.24, 2.45) is 0 Å². The van der Waals surface area contributed by atoms with Crippen LogP contribution in [0.1, 0.15) is 10.4 Å². The fourth-order valence-electron chi connectivity index (χ4n) is 1.91. The molecular formula is C13H17BrN2O3. The van der Waals surface area contributed by atoms with Crippen LogP contribution in [0.5, 0.6) is 5.75 Å². The lowest BCUT2D eigenvalue weighted by atomic mass is 10.2. The van der Waals surface area contributed by atoms with E-state index in [1.165, 1.54) is 6.07 Å². The van der Waals surface area contributed by atoms with Gasteiger partial charge in [0.25, 0.3) is 5.91 Å². The molecule has 0 atom stereocenters. The van der Waals surface area contributed by atoms with Crippen LogP contribution in [0.15, 0.2) is 22.7 Å². The van der Waals surface area contributed by atoms with E-state index >= 15 is 0 Å². The van der Waals surface area contributed by atoms with Gasteiger partial charge < -0.3 is 15.2 Å². The molecule has 0 bridgehead atoms. The molecule has 1 heterocycles. The van der Waals surface area contributed by atoms with Gasteiger partial charge in [-0.05, 0) is 34.1 Å². The molecule has 0 unspecified atom stereocenters. The summed E-state index contributed by atoms with van der Waals surface area (Å²) in [5, 5.41) is 12.4. The van der Waals surface area contributed by atoms with Crippen molar-refractivity contribution in [1.29, 1.82) is 0 Å². The molecule has 1 aliphatic rings. The van der Waals surface area contributed by atoms with E-state index in [4.69, 9.17) is 4.74 Å². The van der Waals surface area contributed by atoms with Crippen molar-refractivity contribution in [2.45, 2.75) is 0 Å². The standard InChI is InChI=1S/C13H17BrN2O3/c14-11-2-1-10(9-12(11)17)13(18)15-3-4-16-5-7-19-8-6-16/h1-2,9,17H,3-8H2,(H,15,18). The van der Waals surface area contributed by atoms with Crippen molar-refractivity contribution in [3.8, 4) is 5.75 Å². The largest absolute Gasteiger partial charge is 0.507 e. The third-order valence-corrected chi connectivity index (χ3v) is 3.70. The summed E-state index contributed by atoms with van der Waals surface area (Å²) in [6, 6.07) is 4.79. The number of morpholine rings is 1. The van der Waals surface area contributed by atoms with Crippen LogP contribution in [-0.2, 0) is 4.74 Å². The normalized spacial score (nSPS) is 16.3. The summed E-state index contributed by atoms with van der Waals surface area (Å²) in [7, 11) is 0. The maximum absolute atomic E-state index is 11.9. The number of phenolic OH excluding ortho intramolecular Hbond substituents is 1. The lowest BCUT2D eigenvalue weighted by Crippen LogP contribution is -2.41. The molecule has 1 amide bonds. The van der Waals surface area contributed by atoms with Crippen LogP contribution in [0.25, 0.3) is 0 Å². The minimum atomic E-state index is -0.170. The molecule has 2 rings (SSSR count). The van der Waals surface area contributed by atoms with Gasteiger partial charge in [0.05, 0.1) is 17.7 Å². The molecule has 1 aromatic rings. The second-order valence-electron chi connectivity index (χ2n) is 4.38. The molecule has 1 saturated heterocycles. The number of phenols is 1. The number of hydrogen-bond donors (Lipinski definition) is 2. The van der Waals surface area contributed by atoms with Gasteiger partial charge in [0.1, 0.15) is 5.75 Å². The van der Waals surface area contributed by atoms with E-state index in [0.29, 0.717) is 16.6 Å². The zero-order valence-corrected chi connectivity index (χ0v) is 12.1. The molecule has 1 fully saturated rings. The molecule has 2 N–H and O–H groups in total. The summed E-state index contributed by atoms with van der Waals surface area (Å²) in [6.07, 6.45) is 0. The molecule has 19 heavy (non-hydrogen) atoms. The summed E-state index contributed by atoms with van der Waals surface area (Å²) >= 11 is 3.18. The Labute approximate surface area is 120 Å². The Morgan fingerprint density at radius 2 is 2.16 bits per heavy atom. The highest BCUT2D eigenvalue weighted by Gasteiger charge is 2.11. The van der Waals surface area contributed by atoms with Crippen LogP contribution in [0.2, 0.25) is 0 Å². The number of amides is 1. The highest BCUT2D eigenvalue weighted by molar-refractivity contribution is 9.10. The number of halogens is 1. The molecule has 0 radical (unpaired) electrons. The second-order valence-corrected chi connectivity index (χ2v) is 5.23. The Morgan fingerprint density at radius 3 is 2.84 bits per heavy atom. The van der Waals surface area contributed by atoms with Crippen LogP contribution in [0.3, 0.4) is 0 Å². The third-order valence-electron chi connectivity index (χ3n) is 3.03. The maximum Gasteiger partial charge on any atom is 0.251 e. The Kier molecular flexibility index (Phi) is 5.18. The van der Waals surface area contributed by atoms with Crippen LogP contribution in [-0.4, -0.2) is 55.3 Å². The van der Waals surface area contributed by atoms with Gasteiger partial charge in [0.15, 0.2) is 0 Å². The summed E-state index contributed by atoms with van der Waals surface area (Å²) in [6.45, 7) is 4.75. The van der Waals surface area contributed by atoms with Gasteiger partial charge in [0, 0.05) is 31.7 Å². The van der Waals surface area contributed by atoms with Crippen molar-refractivity contribution in [2.75, 3.05) is 39.4 Å². The topological polar surface area (TPSA) is 61.8 Å². The van der Waals surface area contributed by atoms with Crippen LogP contribution >= 0.6 is 15.9 Å². The zero-order chi connectivity index (χ0) is 13.7. The minimum Gasteiger partial charge on any atom is -0.507 e. The SMILES string of the molecule is O=C(NCCN1CCOCC1)c1ccc(Br)c(O)c1. The Bertz CT molecular complexity index is 448. The number of ether oxygens (including phenoxy) is 1. The molecule has 0 saturated carbocycles. The number of carbonyl (C=O) groups is 1. The van der Waals surface area contributed by atoms with Gasteiger partial charge in [-0.1, -0.05) is 0 Å². The van der Waals surface area contributed by atoms with E-state index in [2.05, 4.69) is 26.1 Å². The highest BCUT2D eigenvalue weighted by atomic mass is 79.9. The summed E-state index contributed by atoms with van der Waals surface area (Å²) < 4.78 is 5.84. The van der Waals surface area contributed by atoms with Crippen molar-refractivity contribution in [3.63, 3.8) is 0 Å². The molecule has 0 aromatic heterocycles. The molecular weight excluding hydrogens is 312 g/mol. The fourth-order valence-corrected chi connectivity index (χ4v) is 2.15. The Morgan fingerprint density at radius 1 is 1.42 bits per heavy atom. The first kappa shape index (κ1) is 14.3. The number of rotatable bonds is 4. The fraction of sp³-hybridized carbons (Fsp3) is 0.462. The van der Waals surface area contributed by atoms with Crippen LogP contribution in [0.4, 0.5) is 0 Å². The van der Waals surface area contributed by atoms with Gasteiger partial charge >= 0.3 is 0 Å². The van der Waals surface area contributed by atoms with Gasteiger partial charge in [-0.3, -0.25) is 9.69 Å². The van der Waals surface area contributed by atoms with Crippen molar-refractivity contribution < 1.29 is 14.6 Å². The van der Waals surface area contributed by atoms with E-state index in [1.54, 1.807) is 12.1 Å². The molecule has 6 heteroatoms. The number of nitrogens with zero attached hydrogens (tertiary/aromatic N) is 1. The van der Waals surface area contributed by atoms with E-state index in [0.717, 1.165) is 32.8 Å². The van der Waals surface area contributed by atoms with Crippen LogP contribution in [0, 0.1) is 0 Å². The number of benzene rings is 1. The number of nitrogens with one attached hydrogen (secondary N) is 1. The van der Waals surface area contributed by atoms with E-state index < -0.39 is 0 Å². The molecule has 104 valence electrons. The zero-order valence-electron chi connectivity index (χ0n) is 10.6. The van der Waals surface area contributed by atoms with E-state index in [1.807, 2.05) is 0 Å². The van der Waals surface area contributed by atoms with Gasteiger partial charge in [-0.2, -0.15) is 0 Å². The van der Waals surface area contributed by atoms with E-state index in [-0.39, 0.29) is 11.7 Å². The van der Waals surface area contributed by atoms with Crippen LogP contribution < -0.4 is 5.32 Å². The molecule has 5 nitrogen and oxygen atoms in total. The highest BCUT2D eigenvalue weighted by Crippen LogP contribution is 2.24. The molecule has 1 aliphatic heterocycles. The average Bonchev–Trinajstić information content (AvgIpc) is 2.43. The first-order chi connectivity index (χ1) is 9.16. The first-order valence-corrected chi connectivity index (χ1v) is 7.03. The maximum atomic E-state index is 11.9. The lowest BCUT2D eigenvalue weighted by Gasteiger charge is -2.26. The van der Waals surface area contributed by atoms with Gasteiger partial charge in [-0.25, -0.2) is 0 Å². The van der Waals surface area contributed by atoms with Gasteiger partial charge in [-0.15, -0.1) is 0 Å². The molecule has 0 spiro atoms. The van der Waals surface area contributed by atoms with Gasteiger partial charge in [0.2, 0.25) is 0 Å². The van der Waals surface area contributed by atoms with E-state index in [9.17, 15) is 9.90 Å². The first-order valence-electron chi connectivity index (χ1n) is 6.23. The lowest BCUT2D eigenvalue weighted by molar-refractivity contribution is 0.0383. The Hall–Kier alpha value is -1.11. The molecule has 1 aromatic carbocycles.